The second kappa shape index (κ2) is 9.78. The maximum absolute atomic E-state index is 12.5. The molecule has 0 aliphatic heterocycles. The third kappa shape index (κ3) is 6.01. The summed E-state index contributed by atoms with van der Waals surface area (Å²) < 4.78 is 11.2. The first-order chi connectivity index (χ1) is 13.3. The first kappa shape index (κ1) is 21.3. The smallest absolute Gasteiger partial charge is 0.251 e. The van der Waals surface area contributed by atoms with E-state index < -0.39 is 0 Å². The molecule has 6 heteroatoms. The summed E-state index contributed by atoms with van der Waals surface area (Å²) in [5, 5.41) is 5.65. The molecule has 0 unspecified atom stereocenters. The van der Waals surface area contributed by atoms with Crippen molar-refractivity contribution in [3.8, 4) is 11.5 Å². The van der Waals surface area contributed by atoms with Gasteiger partial charge in [0.05, 0.1) is 19.8 Å². The molecule has 0 spiro atoms. The molecular formula is C22H28N2O4. The topological polar surface area (TPSA) is 76.7 Å². The summed E-state index contributed by atoms with van der Waals surface area (Å²) in [6.45, 7) is 8.13. The molecule has 0 saturated heterocycles. The quantitative estimate of drug-likeness (QED) is 0.716. The fourth-order valence-electron chi connectivity index (χ4n) is 2.60. The zero-order valence-corrected chi connectivity index (χ0v) is 17.0. The van der Waals surface area contributed by atoms with E-state index in [0.29, 0.717) is 35.3 Å². The summed E-state index contributed by atoms with van der Waals surface area (Å²) in [6.07, 6.45) is 0. The molecule has 2 aromatic rings. The van der Waals surface area contributed by atoms with Crippen molar-refractivity contribution in [3.63, 3.8) is 0 Å². The van der Waals surface area contributed by atoms with Gasteiger partial charge in [0.1, 0.15) is 0 Å². The van der Waals surface area contributed by atoms with E-state index >= 15 is 0 Å². The van der Waals surface area contributed by atoms with Crippen LogP contribution in [0.4, 0.5) is 5.69 Å². The van der Waals surface area contributed by atoms with Gasteiger partial charge in [0.2, 0.25) is 5.91 Å². The predicted octanol–water partition coefficient (Wildman–Crippen LogP) is 4.18. The monoisotopic (exact) mass is 384 g/mol. The van der Waals surface area contributed by atoms with Gasteiger partial charge in [-0.2, -0.15) is 0 Å². The van der Waals surface area contributed by atoms with Crippen molar-refractivity contribution in [2.24, 2.45) is 5.92 Å². The standard InChI is InChI=1S/C22H28N2O4/c1-14(2)13-28-20-11-8-18(12-21(20)27-5)15(3)23-22(26)17-6-9-19(10-7-17)24-16(4)25/h6-12,14-15H,13H2,1-5H3,(H,23,26)(H,24,25)/t15-/m0/s1. The van der Waals surface area contributed by atoms with Crippen molar-refractivity contribution < 1.29 is 19.1 Å². The van der Waals surface area contributed by atoms with Crippen molar-refractivity contribution in [3.05, 3.63) is 53.6 Å². The number of hydrogen-bond donors (Lipinski definition) is 2. The molecule has 2 amide bonds. The average Bonchev–Trinajstić information content (AvgIpc) is 2.66. The van der Waals surface area contributed by atoms with Crippen LogP contribution in [-0.2, 0) is 4.79 Å². The number of nitrogens with one attached hydrogen (secondary N) is 2. The Labute approximate surface area is 166 Å². The molecule has 28 heavy (non-hydrogen) atoms. The number of anilines is 1. The normalized spacial score (nSPS) is 11.6. The summed E-state index contributed by atoms with van der Waals surface area (Å²) in [6, 6.07) is 12.2. The number of benzene rings is 2. The van der Waals surface area contributed by atoms with Crippen LogP contribution in [0.15, 0.2) is 42.5 Å². The van der Waals surface area contributed by atoms with E-state index in [1.807, 2.05) is 25.1 Å². The molecule has 0 bridgehead atoms. The lowest BCUT2D eigenvalue weighted by molar-refractivity contribution is -0.114. The van der Waals surface area contributed by atoms with Gasteiger partial charge in [0.25, 0.3) is 5.91 Å². The predicted molar refractivity (Wildman–Crippen MR) is 110 cm³/mol. The molecule has 0 radical (unpaired) electrons. The van der Waals surface area contributed by atoms with Gasteiger partial charge >= 0.3 is 0 Å². The Morgan fingerprint density at radius 1 is 1.00 bits per heavy atom. The van der Waals surface area contributed by atoms with Gasteiger partial charge in [0.15, 0.2) is 11.5 Å². The Kier molecular flexibility index (Phi) is 7.44. The Morgan fingerprint density at radius 3 is 2.25 bits per heavy atom. The van der Waals surface area contributed by atoms with E-state index in [0.717, 1.165) is 5.56 Å². The number of ether oxygens (including phenoxy) is 2. The minimum atomic E-state index is -0.212. The maximum atomic E-state index is 12.5. The highest BCUT2D eigenvalue weighted by atomic mass is 16.5. The Balaban J connectivity index is 2.05. The molecule has 0 fully saturated rings. The van der Waals surface area contributed by atoms with Gasteiger partial charge in [-0.25, -0.2) is 0 Å². The lowest BCUT2D eigenvalue weighted by Gasteiger charge is -2.18. The molecule has 0 aromatic heterocycles. The van der Waals surface area contributed by atoms with Crippen LogP contribution in [0.2, 0.25) is 0 Å². The molecule has 2 aromatic carbocycles. The highest BCUT2D eigenvalue weighted by Gasteiger charge is 2.14. The molecule has 2 rings (SSSR count). The first-order valence-electron chi connectivity index (χ1n) is 9.29. The Bertz CT molecular complexity index is 816. The molecule has 0 saturated carbocycles. The average molecular weight is 384 g/mol. The third-order valence-corrected chi connectivity index (χ3v) is 4.07. The van der Waals surface area contributed by atoms with Crippen LogP contribution in [-0.4, -0.2) is 25.5 Å². The second-order valence-electron chi connectivity index (χ2n) is 7.07. The van der Waals surface area contributed by atoms with Crippen LogP contribution in [0.5, 0.6) is 11.5 Å². The number of carbonyl (C=O) groups excluding carboxylic acids is 2. The van der Waals surface area contributed by atoms with Crippen LogP contribution in [0.3, 0.4) is 0 Å². The highest BCUT2D eigenvalue weighted by Crippen LogP contribution is 2.30. The molecule has 0 aliphatic rings. The lowest BCUT2D eigenvalue weighted by atomic mass is 10.1. The van der Waals surface area contributed by atoms with E-state index in [1.165, 1.54) is 6.92 Å². The van der Waals surface area contributed by atoms with E-state index in [1.54, 1.807) is 31.4 Å². The molecule has 150 valence electrons. The van der Waals surface area contributed by atoms with Gasteiger partial charge < -0.3 is 20.1 Å². The molecule has 0 aliphatic carbocycles. The van der Waals surface area contributed by atoms with E-state index in [9.17, 15) is 9.59 Å². The van der Waals surface area contributed by atoms with Crippen LogP contribution in [0.25, 0.3) is 0 Å². The van der Waals surface area contributed by atoms with Crippen LogP contribution < -0.4 is 20.1 Å². The summed E-state index contributed by atoms with van der Waals surface area (Å²) in [5.41, 5.74) is 2.08. The van der Waals surface area contributed by atoms with Gasteiger partial charge in [-0.05, 0) is 54.8 Å². The zero-order chi connectivity index (χ0) is 20.7. The number of rotatable bonds is 8. The van der Waals surface area contributed by atoms with Gasteiger partial charge in [-0.1, -0.05) is 19.9 Å². The van der Waals surface area contributed by atoms with Gasteiger partial charge in [-0.3, -0.25) is 9.59 Å². The molecule has 6 nitrogen and oxygen atoms in total. The Morgan fingerprint density at radius 2 is 1.68 bits per heavy atom. The second-order valence-corrected chi connectivity index (χ2v) is 7.07. The van der Waals surface area contributed by atoms with E-state index in [-0.39, 0.29) is 17.9 Å². The first-order valence-corrected chi connectivity index (χ1v) is 9.29. The number of methoxy groups -OCH3 is 1. The third-order valence-electron chi connectivity index (χ3n) is 4.07. The van der Waals surface area contributed by atoms with Crippen molar-refractivity contribution >= 4 is 17.5 Å². The van der Waals surface area contributed by atoms with E-state index in [2.05, 4.69) is 24.5 Å². The largest absolute Gasteiger partial charge is 0.493 e. The molecule has 0 heterocycles. The van der Waals surface area contributed by atoms with Crippen molar-refractivity contribution in [2.75, 3.05) is 19.0 Å². The summed E-state index contributed by atoms with van der Waals surface area (Å²) in [5.74, 6) is 1.40. The number of hydrogen-bond acceptors (Lipinski definition) is 4. The SMILES string of the molecule is COc1cc([C@H](C)NC(=O)c2ccc(NC(C)=O)cc2)ccc1OCC(C)C. The molecule has 2 N–H and O–H groups in total. The Hall–Kier alpha value is -3.02. The maximum Gasteiger partial charge on any atom is 0.251 e. The van der Waals surface area contributed by atoms with Crippen LogP contribution in [0.1, 0.15) is 49.7 Å². The summed E-state index contributed by atoms with van der Waals surface area (Å²) in [4.78, 5) is 23.6. The fourth-order valence-corrected chi connectivity index (χ4v) is 2.60. The van der Waals surface area contributed by atoms with Gasteiger partial charge in [-0.15, -0.1) is 0 Å². The van der Waals surface area contributed by atoms with E-state index in [4.69, 9.17) is 9.47 Å². The number of amides is 2. The molecular weight excluding hydrogens is 356 g/mol. The lowest BCUT2D eigenvalue weighted by Crippen LogP contribution is -2.26. The fraction of sp³-hybridized carbons (Fsp3) is 0.364. The zero-order valence-electron chi connectivity index (χ0n) is 17.0. The summed E-state index contributed by atoms with van der Waals surface area (Å²) in [7, 11) is 1.60. The highest BCUT2D eigenvalue weighted by molar-refractivity contribution is 5.95. The van der Waals surface area contributed by atoms with Crippen molar-refractivity contribution in [1.82, 2.24) is 5.32 Å². The molecule has 1 atom stereocenters. The number of carbonyl (C=O) groups is 2. The van der Waals surface area contributed by atoms with Crippen LogP contribution in [0, 0.1) is 5.92 Å². The van der Waals surface area contributed by atoms with Crippen LogP contribution >= 0.6 is 0 Å². The van der Waals surface area contributed by atoms with Crippen molar-refractivity contribution in [2.45, 2.75) is 33.7 Å². The minimum absolute atomic E-state index is 0.152. The van der Waals surface area contributed by atoms with Gasteiger partial charge in [0, 0.05) is 18.2 Å². The minimum Gasteiger partial charge on any atom is -0.493 e. The van der Waals surface area contributed by atoms with Crippen molar-refractivity contribution in [1.29, 1.82) is 0 Å². The summed E-state index contributed by atoms with van der Waals surface area (Å²) >= 11 is 0.